The van der Waals surface area contributed by atoms with Crippen molar-refractivity contribution in [2.75, 3.05) is 0 Å². The standard InChI is InChI=1S/C12H8Br2ClN/c13-6-4-8-11(15)7-2-1-3-10(7)16-12(8)9(14)5-6/h4-5H,1-3H2. The van der Waals surface area contributed by atoms with Gasteiger partial charge < -0.3 is 0 Å². The van der Waals surface area contributed by atoms with Gasteiger partial charge in [0.05, 0.1) is 10.5 Å². The molecule has 0 radical (unpaired) electrons. The molecule has 16 heavy (non-hydrogen) atoms. The molecule has 1 aromatic heterocycles. The molecule has 1 heterocycles. The lowest BCUT2D eigenvalue weighted by Gasteiger charge is -2.08. The van der Waals surface area contributed by atoms with E-state index < -0.39 is 0 Å². The Morgan fingerprint density at radius 1 is 1.19 bits per heavy atom. The molecule has 0 aliphatic heterocycles. The fourth-order valence-corrected chi connectivity index (χ4v) is 3.89. The molecular formula is C12H8Br2ClN. The molecule has 0 atom stereocenters. The van der Waals surface area contributed by atoms with Gasteiger partial charge in [0, 0.05) is 20.0 Å². The summed E-state index contributed by atoms with van der Waals surface area (Å²) in [6.07, 6.45) is 3.27. The molecule has 2 aromatic rings. The molecule has 3 rings (SSSR count). The molecule has 1 nitrogen and oxygen atoms in total. The van der Waals surface area contributed by atoms with Crippen LogP contribution < -0.4 is 0 Å². The molecule has 1 aliphatic carbocycles. The number of benzene rings is 1. The highest BCUT2D eigenvalue weighted by atomic mass is 79.9. The summed E-state index contributed by atoms with van der Waals surface area (Å²) in [6, 6.07) is 4.04. The Bertz CT molecular complexity index is 595. The number of aryl methyl sites for hydroxylation is 1. The van der Waals surface area contributed by atoms with Gasteiger partial charge in [-0.3, -0.25) is 4.98 Å². The van der Waals surface area contributed by atoms with Gasteiger partial charge in [-0.2, -0.15) is 0 Å². The first-order valence-corrected chi connectivity index (χ1v) is 7.09. The Balaban J connectivity index is 2.46. The van der Waals surface area contributed by atoms with E-state index in [0.29, 0.717) is 0 Å². The van der Waals surface area contributed by atoms with Crippen molar-refractivity contribution < 1.29 is 0 Å². The second kappa shape index (κ2) is 3.97. The molecule has 0 spiro atoms. The first-order valence-electron chi connectivity index (χ1n) is 5.13. The molecule has 1 aliphatic rings. The first kappa shape index (κ1) is 11.0. The van der Waals surface area contributed by atoms with Gasteiger partial charge in [0.2, 0.25) is 0 Å². The van der Waals surface area contributed by atoms with E-state index in [4.69, 9.17) is 16.6 Å². The second-order valence-electron chi connectivity index (χ2n) is 3.99. The monoisotopic (exact) mass is 359 g/mol. The van der Waals surface area contributed by atoms with E-state index in [2.05, 4.69) is 31.9 Å². The van der Waals surface area contributed by atoms with Crippen molar-refractivity contribution in [1.29, 1.82) is 0 Å². The van der Waals surface area contributed by atoms with Crippen molar-refractivity contribution in [3.05, 3.63) is 37.4 Å². The van der Waals surface area contributed by atoms with Crippen LogP contribution in [0.25, 0.3) is 10.9 Å². The SMILES string of the molecule is Clc1c2c(nc3c(Br)cc(Br)cc13)CCC2. The highest BCUT2D eigenvalue weighted by Crippen LogP contribution is 2.37. The van der Waals surface area contributed by atoms with E-state index in [0.717, 1.165) is 44.1 Å². The van der Waals surface area contributed by atoms with Gasteiger partial charge in [-0.25, -0.2) is 0 Å². The van der Waals surface area contributed by atoms with E-state index in [9.17, 15) is 0 Å². The van der Waals surface area contributed by atoms with Crippen LogP contribution in [0.4, 0.5) is 0 Å². The smallest absolute Gasteiger partial charge is 0.0863 e. The van der Waals surface area contributed by atoms with Gasteiger partial charge in [-0.05, 0) is 52.9 Å². The summed E-state index contributed by atoms with van der Waals surface area (Å²) < 4.78 is 2.02. The Morgan fingerprint density at radius 3 is 2.81 bits per heavy atom. The molecule has 0 saturated carbocycles. The minimum absolute atomic E-state index is 0.875. The van der Waals surface area contributed by atoms with E-state index >= 15 is 0 Å². The summed E-state index contributed by atoms with van der Waals surface area (Å²) in [5, 5.41) is 1.91. The molecular weight excluding hydrogens is 353 g/mol. The lowest BCUT2D eigenvalue weighted by Crippen LogP contribution is -1.92. The molecule has 1 aromatic carbocycles. The molecule has 0 unspecified atom stereocenters. The topological polar surface area (TPSA) is 12.9 Å². The van der Waals surface area contributed by atoms with Crippen molar-refractivity contribution in [2.24, 2.45) is 0 Å². The zero-order valence-electron chi connectivity index (χ0n) is 8.36. The molecule has 0 saturated heterocycles. The lowest BCUT2D eigenvalue weighted by molar-refractivity contribution is 0.901. The molecule has 0 N–H and O–H groups in total. The normalized spacial score (nSPS) is 14.4. The molecule has 82 valence electrons. The number of hydrogen-bond acceptors (Lipinski definition) is 1. The van der Waals surface area contributed by atoms with E-state index in [1.807, 2.05) is 12.1 Å². The number of pyridine rings is 1. The highest BCUT2D eigenvalue weighted by Gasteiger charge is 2.19. The number of halogens is 3. The summed E-state index contributed by atoms with van der Waals surface area (Å²) in [6.45, 7) is 0. The predicted octanol–water partition coefficient (Wildman–Crippen LogP) is 4.90. The van der Waals surface area contributed by atoms with Gasteiger partial charge in [-0.1, -0.05) is 27.5 Å². The van der Waals surface area contributed by atoms with Gasteiger partial charge >= 0.3 is 0 Å². The number of nitrogens with zero attached hydrogens (tertiary/aromatic N) is 1. The van der Waals surface area contributed by atoms with Gasteiger partial charge in [0.25, 0.3) is 0 Å². The van der Waals surface area contributed by atoms with Gasteiger partial charge in [0.15, 0.2) is 0 Å². The van der Waals surface area contributed by atoms with Gasteiger partial charge in [0.1, 0.15) is 0 Å². The quantitative estimate of drug-likeness (QED) is 0.650. The summed E-state index contributed by atoms with van der Waals surface area (Å²) >= 11 is 13.5. The Hall–Kier alpha value is -0.120. The molecule has 4 heteroatoms. The second-order valence-corrected chi connectivity index (χ2v) is 6.14. The van der Waals surface area contributed by atoms with Crippen LogP contribution in [-0.4, -0.2) is 4.98 Å². The molecule has 0 amide bonds. The number of hydrogen-bond donors (Lipinski definition) is 0. The minimum Gasteiger partial charge on any atom is -0.251 e. The third-order valence-corrected chi connectivity index (χ3v) is 4.46. The Labute approximate surface area is 115 Å². The Morgan fingerprint density at radius 2 is 2.00 bits per heavy atom. The largest absolute Gasteiger partial charge is 0.251 e. The summed E-state index contributed by atoms with van der Waals surface area (Å²) in [4.78, 5) is 4.71. The fraction of sp³-hybridized carbons (Fsp3) is 0.250. The van der Waals surface area contributed by atoms with Crippen LogP contribution in [0.1, 0.15) is 17.7 Å². The van der Waals surface area contributed by atoms with Crippen LogP contribution in [-0.2, 0) is 12.8 Å². The van der Waals surface area contributed by atoms with Crippen molar-refractivity contribution in [1.82, 2.24) is 4.98 Å². The summed E-state index contributed by atoms with van der Waals surface area (Å²) in [5.41, 5.74) is 3.37. The zero-order valence-corrected chi connectivity index (χ0v) is 12.3. The van der Waals surface area contributed by atoms with Crippen LogP contribution in [0, 0.1) is 0 Å². The van der Waals surface area contributed by atoms with E-state index in [-0.39, 0.29) is 0 Å². The van der Waals surface area contributed by atoms with E-state index in [1.165, 1.54) is 11.3 Å². The summed E-state index contributed by atoms with van der Waals surface area (Å²) in [7, 11) is 0. The maximum atomic E-state index is 6.45. The van der Waals surface area contributed by atoms with Crippen LogP contribution in [0.5, 0.6) is 0 Å². The maximum Gasteiger partial charge on any atom is 0.0863 e. The van der Waals surface area contributed by atoms with Crippen molar-refractivity contribution in [3.63, 3.8) is 0 Å². The molecule has 0 fully saturated rings. The summed E-state index contributed by atoms with van der Waals surface area (Å²) in [5.74, 6) is 0. The first-order chi connectivity index (χ1) is 7.66. The predicted molar refractivity (Wildman–Crippen MR) is 74.2 cm³/mol. The average Bonchev–Trinajstić information content (AvgIpc) is 2.68. The molecule has 0 bridgehead atoms. The highest BCUT2D eigenvalue weighted by molar-refractivity contribution is 9.11. The average molecular weight is 361 g/mol. The van der Waals surface area contributed by atoms with Crippen molar-refractivity contribution in [3.8, 4) is 0 Å². The number of aromatic nitrogens is 1. The minimum atomic E-state index is 0.875. The van der Waals surface area contributed by atoms with Crippen LogP contribution in [0.2, 0.25) is 5.02 Å². The lowest BCUT2D eigenvalue weighted by atomic mass is 10.1. The van der Waals surface area contributed by atoms with Crippen molar-refractivity contribution in [2.45, 2.75) is 19.3 Å². The van der Waals surface area contributed by atoms with Crippen LogP contribution in [0.15, 0.2) is 21.1 Å². The van der Waals surface area contributed by atoms with Crippen LogP contribution in [0.3, 0.4) is 0 Å². The Kier molecular flexibility index (Phi) is 2.73. The van der Waals surface area contributed by atoms with Crippen LogP contribution >= 0.6 is 43.5 Å². The third kappa shape index (κ3) is 1.60. The van der Waals surface area contributed by atoms with Crippen molar-refractivity contribution >= 4 is 54.4 Å². The van der Waals surface area contributed by atoms with Gasteiger partial charge in [-0.15, -0.1) is 0 Å². The third-order valence-electron chi connectivity index (χ3n) is 2.97. The van der Waals surface area contributed by atoms with E-state index in [1.54, 1.807) is 0 Å². The zero-order chi connectivity index (χ0) is 11.3. The number of rotatable bonds is 0. The fourth-order valence-electron chi connectivity index (χ4n) is 2.23. The maximum absolute atomic E-state index is 6.45. The number of fused-ring (bicyclic) bond motifs is 2.